The maximum absolute atomic E-state index is 6.08. The molecule has 4 nitrogen and oxygen atoms in total. The van der Waals surface area contributed by atoms with Crippen molar-refractivity contribution in [3.8, 4) is 5.75 Å². The van der Waals surface area contributed by atoms with E-state index in [0.29, 0.717) is 23.9 Å². The smallest absolute Gasteiger partial charge is 0.138 e. The molecule has 2 rings (SSSR count). The lowest BCUT2D eigenvalue weighted by molar-refractivity contribution is 0.340. The molecule has 0 amide bonds. The Morgan fingerprint density at radius 1 is 1.47 bits per heavy atom. The number of rotatable bonds is 5. The highest BCUT2D eigenvalue weighted by Gasteiger charge is 2.02. The molecular formula is C12H14ClN3O. The van der Waals surface area contributed by atoms with Crippen LogP contribution in [0.15, 0.2) is 30.7 Å². The van der Waals surface area contributed by atoms with Crippen molar-refractivity contribution in [1.82, 2.24) is 9.97 Å². The molecule has 0 aliphatic heterocycles. The van der Waals surface area contributed by atoms with E-state index in [0.717, 1.165) is 11.4 Å². The SMILES string of the molecule is CCOc1ccc(NCc2cnc[nH]2)cc1Cl. The van der Waals surface area contributed by atoms with E-state index in [9.17, 15) is 0 Å². The molecule has 0 saturated heterocycles. The molecule has 1 heterocycles. The Hall–Kier alpha value is -1.68. The normalized spacial score (nSPS) is 10.2. The lowest BCUT2D eigenvalue weighted by Gasteiger charge is -2.09. The third-order valence-electron chi connectivity index (χ3n) is 2.27. The van der Waals surface area contributed by atoms with Gasteiger partial charge in [0, 0.05) is 11.9 Å². The van der Waals surface area contributed by atoms with Gasteiger partial charge in [-0.25, -0.2) is 4.98 Å². The van der Waals surface area contributed by atoms with Crippen molar-refractivity contribution in [2.75, 3.05) is 11.9 Å². The fourth-order valence-corrected chi connectivity index (χ4v) is 1.70. The van der Waals surface area contributed by atoms with Crippen molar-refractivity contribution in [2.24, 2.45) is 0 Å². The standard InChI is InChI=1S/C12H14ClN3O/c1-2-17-12-4-3-9(5-11(12)13)15-7-10-6-14-8-16-10/h3-6,8,15H,2,7H2,1H3,(H,14,16). The molecule has 1 aromatic carbocycles. The summed E-state index contributed by atoms with van der Waals surface area (Å²) in [6, 6.07) is 5.65. The quantitative estimate of drug-likeness (QED) is 0.859. The van der Waals surface area contributed by atoms with Gasteiger partial charge in [-0.15, -0.1) is 0 Å². The van der Waals surface area contributed by atoms with Crippen LogP contribution in [-0.4, -0.2) is 16.6 Å². The van der Waals surface area contributed by atoms with Crippen molar-refractivity contribution < 1.29 is 4.74 Å². The van der Waals surface area contributed by atoms with Crippen LogP contribution >= 0.6 is 11.6 Å². The Balaban J connectivity index is 2.00. The maximum Gasteiger partial charge on any atom is 0.138 e. The Morgan fingerprint density at radius 2 is 2.35 bits per heavy atom. The minimum absolute atomic E-state index is 0.612. The Morgan fingerprint density at radius 3 is 3.00 bits per heavy atom. The number of aromatic amines is 1. The zero-order valence-corrected chi connectivity index (χ0v) is 10.3. The summed E-state index contributed by atoms with van der Waals surface area (Å²) in [6.45, 7) is 3.23. The summed E-state index contributed by atoms with van der Waals surface area (Å²) < 4.78 is 5.37. The number of hydrogen-bond donors (Lipinski definition) is 2. The molecule has 0 spiro atoms. The second-order valence-corrected chi connectivity index (χ2v) is 3.92. The van der Waals surface area contributed by atoms with Gasteiger partial charge in [-0.1, -0.05) is 11.6 Å². The van der Waals surface area contributed by atoms with Crippen LogP contribution in [0, 0.1) is 0 Å². The number of benzene rings is 1. The van der Waals surface area contributed by atoms with Crippen LogP contribution < -0.4 is 10.1 Å². The summed E-state index contributed by atoms with van der Waals surface area (Å²) in [5.41, 5.74) is 1.98. The van der Waals surface area contributed by atoms with Gasteiger partial charge < -0.3 is 15.0 Å². The Labute approximate surface area is 105 Å². The van der Waals surface area contributed by atoms with Crippen LogP contribution in [0.2, 0.25) is 5.02 Å². The largest absolute Gasteiger partial charge is 0.492 e. The van der Waals surface area contributed by atoms with Crippen LogP contribution in [0.25, 0.3) is 0 Å². The fraction of sp³-hybridized carbons (Fsp3) is 0.250. The third kappa shape index (κ3) is 3.14. The summed E-state index contributed by atoms with van der Waals surface area (Å²) in [4.78, 5) is 6.97. The topological polar surface area (TPSA) is 49.9 Å². The number of halogens is 1. The van der Waals surface area contributed by atoms with E-state index < -0.39 is 0 Å². The van der Waals surface area contributed by atoms with E-state index in [4.69, 9.17) is 16.3 Å². The van der Waals surface area contributed by atoms with Gasteiger partial charge in [-0.2, -0.15) is 0 Å². The summed E-state index contributed by atoms with van der Waals surface area (Å²) in [7, 11) is 0. The second kappa shape index (κ2) is 5.59. The Kier molecular flexibility index (Phi) is 3.88. The van der Waals surface area contributed by atoms with E-state index in [1.54, 1.807) is 12.5 Å². The predicted octanol–water partition coefficient (Wildman–Crippen LogP) is 3.07. The molecule has 0 saturated carbocycles. The van der Waals surface area contributed by atoms with Gasteiger partial charge in [-0.3, -0.25) is 0 Å². The minimum Gasteiger partial charge on any atom is -0.492 e. The van der Waals surface area contributed by atoms with Crippen LogP contribution in [0.5, 0.6) is 5.75 Å². The van der Waals surface area contributed by atoms with Crippen molar-refractivity contribution in [3.63, 3.8) is 0 Å². The lowest BCUT2D eigenvalue weighted by atomic mass is 10.3. The van der Waals surface area contributed by atoms with Crippen molar-refractivity contribution in [1.29, 1.82) is 0 Å². The van der Waals surface area contributed by atoms with Gasteiger partial charge in [0.05, 0.1) is 30.2 Å². The third-order valence-corrected chi connectivity index (χ3v) is 2.56. The van der Waals surface area contributed by atoms with Crippen LogP contribution in [0.3, 0.4) is 0 Å². The van der Waals surface area contributed by atoms with Crippen molar-refractivity contribution >= 4 is 17.3 Å². The Bertz CT molecular complexity index is 471. The highest BCUT2D eigenvalue weighted by Crippen LogP contribution is 2.27. The first kappa shape index (κ1) is 11.8. The number of imidazole rings is 1. The number of nitrogens with zero attached hydrogens (tertiary/aromatic N) is 1. The number of hydrogen-bond acceptors (Lipinski definition) is 3. The zero-order valence-electron chi connectivity index (χ0n) is 9.53. The molecule has 5 heteroatoms. The average molecular weight is 252 g/mol. The van der Waals surface area contributed by atoms with Crippen molar-refractivity contribution in [2.45, 2.75) is 13.5 Å². The van der Waals surface area contributed by atoms with Crippen molar-refractivity contribution in [3.05, 3.63) is 41.4 Å². The van der Waals surface area contributed by atoms with Gasteiger partial charge >= 0.3 is 0 Å². The first-order valence-electron chi connectivity index (χ1n) is 5.43. The predicted molar refractivity (Wildman–Crippen MR) is 68.5 cm³/mol. The summed E-state index contributed by atoms with van der Waals surface area (Å²) in [5, 5.41) is 3.86. The number of nitrogens with one attached hydrogen (secondary N) is 2. The van der Waals surface area contributed by atoms with E-state index in [2.05, 4.69) is 15.3 Å². The number of ether oxygens (including phenoxy) is 1. The second-order valence-electron chi connectivity index (χ2n) is 3.51. The molecule has 2 N–H and O–H groups in total. The fourth-order valence-electron chi connectivity index (χ4n) is 1.46. The van der Waals surface area contributed by atoms with Crippen LogP contribution in [0.1, 0.15) is 12.6 Å². The monoisotopic (exact) mass is 251 g/mol. The zero-order chi connectivity index (χ0) is 12.1. The van der Waals surface area contributed by atoms with Crippen LogP contribution in [-0.2, 0) is 6.54 Å². The molecule has 0 radical (unpaired) electrons. The molecular weight excluding hydrogens is 238 g/mol. The summed E-state index contributed by atoms with van der Waals surface area (Å²) in [5.74, 6) is 0.709. The summed E-state index contributed by atoms with van der Waals surface area (Å²) >= 11 is 6.08. The number of aromatic nitrogens is 2. The van der Waals surface area contributed by atoms with Crippen LogP contribution in [0.4, 0.5) is 5.69 Å². The van der Waals surface area contributed by atoms with Gasteiger partial charge in [0.15, 0.2) is 0 Å². The molecule has 1 aromatic heterocycles. The first-order valence-corrected chi connectivity index (χ1v) is 5.81. The molecule has 0 fully saturated rings. The number of H-pyrrole nitrogens is 1. The molecule has 2 aromatic rings. The molecule has 0 aliphatic rings. The average Bonchev–Trinajstić information content (AvgIpc) is 2.83. The minimum atomic E-state index is 0.612. The molecule has 0 bridgehead atoms. The molecule has 0 unspecified atom stereocenters. The molecule has 90 valence electrons. The highest BCUT2D eigenvalue weighted by atomic mass is 35.5. The van der Waals surface area contributed by atoms with Gasteiger partial charge in [0.2, 0.25) is 0 Å². The molecule has 0 atom stereocenters. The maximum atomic E-state index is 6.08. The number of anilines is 1. The van der Waals surface area contributed by atoms with E-state index in [1.807, 2.05) is 25.1 Å². The van der Waals surface area contributed by atoms with Gasteiger partial charge in [0.1, 0.15) is 5.75 Å². The summed E-state index contributed by atoms with van der Waals surface area (Å²) in [6.07, 6.45) is 3.44. The molecule has 17 heavy (non-hydrogen) atoms. The lowest BCUT2D eigenvalue weighted by Crippen LogP contribution is -2.00. The van der Waals surface area contributed by atoms with Gasteiger partial charge in [0.25, 0.3) is 0 Å². The first-order chi connectivity index (χ1) is 8.29. The van der Waals surface area contributed by atoms with Gasteiger partial charge in [-0.05, 0) is 25.1 Å². The van der Waals surface area contributed by atoms with E-state index in [1.165, 1.54) is 0 Å². The van der Waals surface area contributed by atoms with E-state index in [-0.39, 0.29) is 0 Å². The molecule has 0 aliphatic carbocycles. The van der Waals surface area contributed by atoms with E-state index >= 15 is 0 Å². The highest BCUT2D eigenvalue weighted by molar-refractivity contribution is 6.32.